The van der Waals surface area contributed by atoms with E-state index in [9.17, 15) is 0 Å². The van der Waals surface area contributed by atoms with Crippen molar-refractivity contribution in [1.82, 2.24) is 0 Å². The van der Waals surface area contributed by atoms with Crippen LogP contribution >= 0.6 is 11.3 Å². The average Bonchev–Trinajstić information content (AvgIpc) is 2.46. The molecule has 0 atom stereocenters. The summed E-state index contributed by atoms with van der Waals surface area (Å²) >= 11 is 1.81. The first-order chi connectivity index (χ1) is 6.07. The molecule has 74 valence electrons. The quantitative estimate of drug-likeness (QED) is 0.713. The molecule has 1 rings (SSSR count). The lowest BCUT2D eigenvalue weighted by Crippen LogP contribution is -1.93. The van der Waals surface area contributed by atoms with Crippen LogP contribution in [0.2, 0.25) is 0 Å². The second kappa shape index (κ2) is 4.14. The number of methoxy groups -OCH3 is 1. The van der Waals surface area contributed by atoms with Crippen molar-refractivity contribution in [2.45, 2.75) is 39.5 Å². The Morgan fingerprint density at radius 2 is 1.77 bits per heavy atom. The monoisotopic (exact) mass is 198 g/mol. The lowest BCUT2D eigenvalue weighted by molar-refractivity contribution is 0.403. The Morgan fingerprint density at radius 1 is 1.15 bits per heavy atom. The van der Waals surface area contributed by atoms with E-state index in [1.54, 1.807) is 7.11 Å². The van der Waals surface area contributed by atoms with Crippen LogP contribution in [0.15, 0.2) is 5.38 Å². The highest BCUT2D eigenvalue weighted by molar-refractivity contribution is 7.10. The molecule has 0 saturated carbocycles. The Morgan fingerprint density at radius 3 is 2.15 bits per heavy atom. The van der Waals surface area contributed by atoms with Crippen molar-refractivity contribution >= 4 is 11.3 Å². The molecular weight excluding hydrogens is 180 g/mol. The van der Waals surface area contributed by atoms with Crippen molar-refractivity contribution in [3.05, 3.63) is 15.8 Å². The summed E-state index contributed by atoms with van der Waals surface area (Å²) in [5, 5.41) is 2.22. The SMILES string of the molecule is COc1c(C(C)C)csc1C(C)C. The molecule has 0 fully saturated rings. The van der Waals surface area contributed by atoms with Crippen LogP contribution in [-0.2, 0) is 0 Å². The largest absolute Gasteiger partial charge is 0.495 e. The molecule has 1 heterocycles. The van der Waals surface area contributed by atoms with Crippen LogP contribution < -0.4 is 4.74 Å². The van der Waals surface area contributed by atoms with Gasteiger partial charge in [-0.25, -0.2) is 0 Å². The predicted octanol–water partition coefficient (Wildman–Crippen LogP) is 4.00. The highest BCUT2D eigenvalue weighted by atomic mass is 32.1. The Balaban J connectivity index is 3.10. The van der Waals surface area contributed by atoms with Gasteiger partial charge in [-0.15, -0.1) is 11.3 Å². The van der Waals surface area contributed by atoms with Gasteiger partial charge in [0.1, 0.15) is 5.75 Å². The van der Waals surface area contributed by atoms with E-state index in [1.165, 1.54) is 10.4 Å². The summed E-state index contributed by atoms with van der Waals surface area (Å²) in [6.07, 6.45) is 0. The minimum absolute atomic E-state index is 0.554. The van der Waals surface area contributed by atoms with E-state index < -0.39 is 0 Å². The molecule has 0 spiro atoms. The van der Waals surface area contributed by atoms with Gasteiger partial charge in [-0.05, 0) is 17.2 Å². The molecular formula is C11H18OS. The van der Waals surface area contributed by atoms with E-state index in [4.69, 9.17) is 4.74 Å². The molecule has 0 aliphatic rings. The highest BCUT2D eigenvalue weighted by Crippen LogP contribution is 2.39. The van der Waals surface area contributed by atoms with Gasteiger partial charge in [0.2, 0.25) is 0 Å². The molecule has 13 heavy (non-hydrogen) atoms. The fourth-order valence-electron chi connectivity index (χ4n) is 1.39. The van der Waals surface area contributed by atoms with Crippen LogP contribution in [0.4, 0.5) is 0 Å². The number of hydrogen-bond acceptors (Lipinski definition) is 2. The van der Waals surface area contributed by atoms with Crippen molar-refractivity contribution in [3.8, 4) is 5.75 Å². The number of rotatable bonds is 3. The number of hydrogen-bond donors (Lipinski definition) is 0. The number of ether oxygens (including phenoxy) is 1. The predicted molar refractivity (Wildman–Crippen MR) is 59.0 cm³/mol. The Bertz CT molecular complexity index is 248. The van der Waals surface area contributed by atoms with Crippen molar-refractivity contribution in [3.63, 3.8) is 0 Å². The lowest BCUT2D eigenvalue weighted by atomic mass is 10.0. The third-order valence-electron chi connectivity index (χ3n) is 2.15. The molecule has 0 amide bonds. The van der Waals surface area contributed by atoms with Gasteiger partial charge in [0.25, 0.3) is 0 Å². The Kier molecular flexibility index (Phi) is 3.37. The van der Waals surface area contributed by atoms with E-state index in [-0.39, 0.29) is 0 Å². The van der Waals surface area contributed by atoms with Gasteiger partial charge < -0.3 is 4.74 Å². The standard InChI is InChI=1S/C11H18OS/c1-7(2)9-6-13-11(8(3)4)10(9)12-5/h6-8H,1-5H3. The first-order valence-electron chi connectivity index (χ1n) is 4.73. The zero-order valence-electron chi connectivity index (χ0n) is 9.05. The highest BCUT2D eigenvalue weighted by Gasteiger charge is 2.16. The fraction of sp³-hybridized carbons (Fsp3) is 0.636. The maximum atomic E-state index is 5.45. The van der Waals surface area contributed by atoms with Gasteiger partial charge in [-0.1, -0.05) is 27.7 Å². The third-order valence-corrected chi connectivity index (χ3v) is 3.43. The average molecular weight is 198 g/mol. The van der Waals surface area contributed by atoms with Crippen molar-refractivity contribution in [2.75, 3.05) is 7.11 Å². The first kappa shape index (κ1) is 10.6. The summed E-state index contributed by atoms with van der Waals surface area (Å²) in [6, 6.07) is 0. The normalized spacial score (nSPS) is 11.3. The molecule has 0 saturated heterocycles. The van der Waals surface area contributed by atoms with Gasteiger partial charge in [0.05, 0.1) is 7.11 Å². The molecule has 0 N–H and O–H groups in total. The van der Waals surface area contributed by atoms with Crippen LogP contribution in [0.5, 0.6) is 5.75 Å². The van der Waals surface area contributed by atoms with Crippen molar-refractivity contribution in [2.24, 2.45) is 0 Å². The maximum Gasteiger partial charge on any atom is 0.136 e. The molecule has 2 heteroatoms. The van der Waals surface area contributed by atoms with Gasteiger partial charge >= 0.3 is 0 Å². The van der Waals surface area contributed by atoms with Crippen molar-refractivity contribution in [1.29, 1.82) is 0 Å². The molecule has 0 aromatic carbocycles. The van der Waals surface area contributed by atoms with Crippen LogP contribution in [0.3, 0.4) is 0 Å². The smallest absolute Gasteiger partial charge is 0.136 e. The summed E-state index contributed by atoms with van der Waals surface area (Å²) in [7, 11) is 1.76. The molecule has 1 aromatic rings. The van der Waals surface area contributed by atoms with E-state index in [0.29, 0.717) is 11.8 Å². The van der Waals surface area contributed by atoms with E-state index in [2.05, 4.69) is 33.1 Å². The fourth-order valence-corrected chi connectivity index (χ4v) is 2.60. The minimum Gasteiger partial charge on any atom is -0.495 e. The van der Waals surface area contributed by atoms with Crippen molar-refractivity contribution < 1.29 is 4.74 Å². The Labute approximate surface area is 84.7 Å². The Hall–Kier alpha value is -0.500. The van der Waals surface area contributed by atoms with Crippen LogP contribution in [-0.4, -0.2) is 7.11 Å². The molecule has 0 aliphatic carbocycles. The topological polar surface area (TPSA) is 9.23 Å². The van der Waals surface area contributed by atoms with Gasteiger partial charge in [0, 0.05) is 10.4 Å². The summed E-state index contributed by atoms with van der Waals surface area (Å²) in [4.78, 5) is 1.37. The second-order valence-electron chi connectivity index (χ2n) is 3.90. The molecule has 0 radical (unpaired) electrons. The lowest BCUT2D eigenvalue weighted by Gasteiger charge is -2.10. The third kappa shape index (κ3) is 2.05. The molecule has 0 unspecified atom stereocenters. The minimum atomic E-state index is 0.554. The van der Waals surface area contributed by atoms with Crippen LogP contribution in [0.1, 0.15) is 50.0 Å². The number of thiophene rings is 1. The zero-order chi connectivity index (χ0) is 10.0. The molecule has 1 aromatic heterocycles. The van der Waals surface area contributed by atoms with Crippen LogP contribution in [0, 0.1) is 0 Å². The maximum absolute atomic E-state index is 5.45. The second-order valence-corrected chi connectivity index (χ2v) is 4.81. The van der Waals surface area contributed by atoms with Gasteiger partial charge in [-0.3, -0.25) is 0 Å². The molecule has 0 aliphatic heterocycles. The molecule has 0 bridgehead atoms. The van der Waals surface area contributed by atoms with Crippen LogP contribution in [0.25, 0.3) is 0 Å². The first-order valence-corrected chi connectivity index (χ1v) is 5.61. The van der Waals surface area contributed by atoms with Gasteiger partial charge in [0.15, 0.2) is 0 Å². The van der Waals surface area contributed by atoms with Gasteiger partial charge in [-0.2, -0.15) is 0 Å². The zero-order valence-corrected chi connectivity index (χ0v) is 9.87. The summed E-state index contributed by atoms with van der Waals surface area (Å²) in [6.45, 7) is 8.82. The van der Waals surface area contributed by atoms with E-state index in [1.807, 2.05) is 11.3 Å². The summed E-state index contributed by atoms with van der Waals surface area (Å²) < 4.78 is 5.45. The summed E-state index contributed by atoms with van der Waals surface area (Å²) in [5.41, 5.74) is 1.34. The van der Waals surface area contributed by atoms with E-state index >= 15 is 0 Å². The summed E-state index contributed by atoms with van der Waals surface area (Å²) in [5.74, 6) is 2.22. The molecule has 1 nitrogen and oxygen atoms in total. The van der Waals surface area contributed by atoms with E-state index in [0.717, 1.165) is 5.75 Å².